The number of fused-ring (bicyclic) bond motifs is 1. The van der Waals surface area contributed by atoms with Gasteiger partial charge >= 0.3 is 0 Å². The Morgan fingerprint density at radius 2 is 2.06 bits per heavy atom. The van der Waals surface area contributed by atoms with Crippen LogP contribution in [0.4, 0.5) is 0 Å². The van der Waals surface area contributed by atoms with Crippen LogP contribution in [0.15, 0.2) is 47.1 Å². The van der Waals surface area contributed by atoms with E-state index in [-0.39, 0.29) is 0 Å². The monoisotopic (exact) mass is 245 g/mol. The van der Waals surface area contributed by atoms with Gasteiger partial charge in [-0.2, -0.15) is 0 Å². The van der Waals surface area contributed by atoms with E-state index >= 15 is 0 Å². The first-order valence-electron chi connectivity index (χ1n) is 5.30. The quantitative estimate of drug-likeness (QED) is 0.754. The number of aliphatic hydroxyl groups is 1. The van der Waals surface area contributed by atoms with E-state index in [0.717, 1.165) is 10.2 Å². The summed E-state index contributed by atoms with van der Waals surface area (Å²) >= 11 is 1.48. The van der Waals surface area contributed by atoms with Gasteiger partial charge in [0, 0.05) is 0 Å². The molecule has 3 nitrogen and oxygen atoms in total. The number of thiazole rings is 1. The van der Waals surface area contributed by atoms with Crippen molar-refractivity contribution >= 4 is 21.6 Å². The van der Waals surface area contributed by atoms with Crippen molar-refractivity contribution in [2.45, 2.75) is 12.5 Å². The van der Waals surface area contributed by atoms with Crippen LogP contribution in [0.2, 0.25) is 0 Å². The van der Waals surface area contributed by atoms with Crippen LogP contribution in [0.1, 0.15) is 17.7 Å². The van der Waals surface area contributed by atoms with Gasteiger partial charge in [-0.05, 0) is 31.2 Å². The third-order valence-corrected chi connectivity index (χ3v) is 3.96. The summed E-state index contributed by atoms with van der Waals surface area (Å²) in [4.78, 5) is 4.45. The number of benzene rings is 1. The molecule has 0 saturated carbocycles. The molecule has 1 unspecified atom stereocenters. The van der Waals surface area contributed by atoms with Gasteiger partial charge in [0.2, 0.25) is 0 Å². The van der Waals surface area contributed by atoms with Gasteiger partial charge in [0.25, 0.3) is 0 Å². The Morgan fingerprint density at radius 3 is 2.76 bits per heavy atom. The van der Waals surface area contributed by atoms with Crippen LogP contribution in [0, 0.1) is 0 Å². The van der Waals surface area contributed by atoms with Crippen molar-refractivity contribution in [3.8, 4) is 0 Å². The van der Waals surface area contributed by atoms with Crippen LogP contribution < -0.4 is 0 Å². The molecule has 86 valence electrons. The van der Waals surface area contributed by atoms with Gasteiger partial charge in [0.1, 0.15) is 10.8 Å². The van der Waals surface area contributed by atoms with Crippen molar-refractivity contribution in [1.82, 2.24) is 4.98 Å². The average Bonchev–Trinajstić information content (AvgIpc) is 2.98. The average molecular weight is 245 g/mol. The maximum absolute atomic E-state index is 10.5. The first-order chi connectivity index (χ1) is 8.18. The molecule has 0 radical (unpaired) electrons. The highest BCUT2D eigenvalue weighted by Crippen LogP contribution is 2.34. The van der Waals surface area contributed by atoms with Gasteiger partial charge in [-0.1, -0.05) is 12.1 Å². The van der Waals surface area contributed by atoms with E-state index in [9.17, 15) is 5.11 Å². The van der Waals surface area contributed by atoms with Crippen LogP contribution in [0.5, 0.6) is 0 Å². The van der Waals surface area contributed by atoms with Gasteiger partial charge in [-0.3, -0.25) is 0 Å². The Labute approximate surface area is 102 Å². The Hall–Kier alpha value is -1.65. The Balaban J connectivity index is 2.15. The second kappa shape index (κ2) is 3.68. The van der Waals surface area contributed by atoms with Crippen molar-refractivity contribution in [3.63, 3.8) is 0 Å². The predicted octanol–water partition coefficient (Wildman–Crippen LogP) is 3.15. The summed E-state index contributed by atoms with van der Waals surface area (Å²) < 4.78 is 6.33. The predicted molar refractivity (Wildman–Crippen MR) is 67.0 cm³/mol. The van der Waals surface area contributed by atoms with Gasteiger partial charge < -0.3 is 9.52 Å². The lowest BCUT2D eigenvalue weighted by Gasteiger charge is -2.17. The van der Waals surface area contributed by atoms with Crippen molar-refractivity contribution in [1.29, 1.82) is 0 Å². The highest BCUT2D eigenvalue weighted by atomic mass is 32.1. The number of furan rings is 1. The molecule has 2 aromatic heterocycles. The molecule has 0 fully saturated rings. The molecular formula is C13H11NO2S. The zero-order chi connectivity index (χ0) is 11.9. The minimum atomic E-state index is -1.17. The SMILES string of the molecule is CC(O)(c1ccco1)c1nc2ccccc2s1. The Kier molecular flexibility index (Phi) is 2.28. The van der Waals surface area contributed by atoms with Crippen molar-refractivity contribution in [2.75, 3.05) is 0 Å². The minimum absolute atomic E-state index is 0.511. The summed E-state index contributed by atoms with van der Waals surface area (Å²) in [5.41, 5.74) is -0.271. The standard InChI is InChI=1S/C13H11NO2S/c1-13(15,11-7-4-8-16-11)12-14-9-5-2-3-6-10(9)17-12/h2-8,15H,1H3. The third-order valence-electron chi connectivity index (χ3n) is 2.71. The maximum Gasteiger partial charge on any atom is 0.170 e. The molecule has 1 N–H and O–H groups in total. The number of aromatic nitrogens is 1. The van der Waals surface area contributed by atoms with Crippen molar-refractivity contribution < 1.29 is 9.52 Å². The summed E-state index contributed by atoms with van der Waals surface area (Å²) in [5.74, 6) is 0.511. The largest absolute Gasteiger partial charge is 0.466 e. The van der Waals surface area contributed by atoms with E-state index in [4.69, 9.17) is 4.42 Å². The Morgan fingerprint density at radius 1 is 1.24 bits per heavy atom. The molecule has 0 aliphatic rings. The minimum Gasteiger partial charge on any atom is -0.466 e. The Bertz CT molecular complexity index is 607. The molecule has 4 heteroatoms. The summed E-state index contributed by atoms with van der Waals surface area (Å²) in [6, 6.07) is 11.4. The van der Waals surface area contributed by atoms with Crippen LogP contribution in [-0.4, -0.2) is 10.1 Å². The summed E-state index contributed by atoms with van der Waals surface area (Å²) in [6.45, 7) is 1.70. The fourth-order valence-corrected chi connectivity index (χ4v) is 2.76. The van der Waals surface area contributed by atoms with E-state index in [1.54, 1.807) is 25.3 Å². The van der Waals surface area contributed by atoms with Crippen LogP contribution >= 0.6 is 11.3 Å². The van der Waals surface area contributed by atoms with Crippen LogP contribution in [0.3, 0.4) is 0 Å². The zero-order valence-electron chi connectivity index (χ0n) is 9.25. The summed E-state index contributed by atoms with van der Waals surface area (Å²) in [6.07, 6.45) is 1.55. The first-order valence-corrected chi connectivity index (χ1v) is 6.12. The molecule has 3 rings (SSSR count). The number of hydrogen-bond donors (Lipinski definition) is 1. The lowest BCUT2D eigenvalue weighted by atomic mass is 10.1. The number of para-hydroxylation sites is 1. The molecule has 0 spiro atoms. The van der Waals surface area contributed by atoms with Crippen LogP contribution in [-0.2, 0) is 5.60 Å². The molecule has 17 heavy (non-hydrogen) atoms. The van der Waals surface area contributed by atoms with E-state index in [2.05, 4.69) is 4.98 Å². The second-order valence-corrected chi connectivity index (χ2v) is 5.07. The van der Waals surface area contributed by atoms with E-state index < -0.39 is 5.60 Å². The lowest BCUT2D eigenvalue weighted by molar-refractivity contribution is 0.0766. The highest BCUT2D eigenvalue weighted by Gasteiger charge is 2.32. The fourth-order valence-electron chi connectivity index (χ4n) is 1.74. The van der Waals surface area contributed by atoms with Crippen molar-refractivity contribution in [2.24, 2.45) is 0 Å². The van der Waals surface area contributed by atoms with Gasteiger partial charge in [-0.25, -0.2) is 4.98 Å². The normalized spacial score (nSPS) is 14.9. The van der Waals surface area contributed by atoms with Gasteiger partial charge in [0.15, 0.2) is 5.60 Å². The van der Waals surface area contributed by atoms with E-state index in [0.29, 0.717) is 10.8 Å². The second-order valence-electron chi connectivity index (χ2n) is 4.04. The van der Waals surface area contributed by atoms with E-state index in [1.807, 2.05) is 24.3 Å². The number of rotatable bonds is 2. The topological polar surface area (TPSA) is 46.3 Å². The molecule has 3 aromatic rings. The third kappa shape index (κ3) is 1.66. The number of hydrogen-bond acceptors (Lipinski definition) is 4. The molecule has 2 heterocycles. The smallest absolute Gasteiger partial charge is 0.170 e. The summed E-state index contributed by atoms with van der Waals surface area (Å²) in [7, 11) is 0. The highest BCUT2D eigenvalue weighted by molar-refractivity contribution is 7.18. The van der Waals surface area contributed by atoms with Crippen LogP contribution in [0.25, 0.3) is 10.2 Å². The number of nitrogens with zero attached hydrogens (tertiary/aromatic N) is 1. The van der Waals surface area contributed by atoms with E-state index in [1.165, 1.54) is 11.3 Å². The molecule has 0 aliphatic carbocycles. The molecular weight excluding hydrogens is 234 g/mol. The summed E-state index contributed by atoms with van der Waals surface area (Å²) in [5, 5.41) is 11.1. The molecule has 1 aromatic carbocycles. The zero-order valence-corrected chi connectivity index (χ0v) is 10.1. The molecule has 0 amide bonds. The first kappa shape index (κ1) is 10.5. The maximum atomic E-state index is 10.5. The molecule has 0 saturated heterocycles. The van der Waals surface area contributed by atoms with Gasteiger partial charge in [-0.15, -0.1) is 11.3 Å². The molecule has 0 aliphatic heterocycles. The molecule has 0 bridgehead atoms. The van der Waals surface area contributed by atoms with Gasteiger partial charge in [0.05, 0.1) is 16.5 Å². The molecule has 1 atom stereocenters. The van der Waals surface area contributed by atoms with Crippen molar-refractivity contribution in [3.05, 3.63) is 53.4 Å². The fraction of sp³-hybridized carbons (Fsp3) is 0.154. The lowest BCUT2D eigenvalue weighted by Crippen LogP contribution is -2.21.